The molecule has 0 saturated carbocycles. The minimum atomic E-state index is -0.425. The standard InChI is InChI=1S/C11H12N2O3/c1-14-8-2-3-10(13-7-12)9(6-8)11-15-4-5-16-11/h2-3,6,11,13H,4-5H2,1H3. The second-order valence-corrected chi connectivity index (χ2v) is 3.26. The lowest BCUT2D eigenvalue weighted by atomic mass is 10.1. The minimum absolute atomic E-state index is 0.425. The fraction of sp³-hybridized carbons (Fsp3) is 0.364. The van der Waals surface area contributed by atoms with E-state index in [4.69, 9.17) is 19.5 Å². The van der Waals surface area contributed by atoms with Crippen LogP contribution in [0.4, 0.5) is 5.69 Å². The van der Waals surface area contributed by atoms with E-state index in [1.807, 2.05) is 6.19 Å². The lowest BCUT2D eigenvalue weighted by molar-refractivity contribution is -0.0436. The van der Waals surface area contributed by atoms with Gasteiger partial charge in [0.25, 0.3) is 0 Å². The van der Waals surface area contributed by atoms with E-state index >= 15 is 0 Å². The molecular formula is C11H12N2O3. The number of nitrogens with zero attached hydrogens (tertiary/aromatic N) is 1. The van der Waals surface area contributed by atoms with E-state index in [0.29, 0.717) is 24.7 Å². The number of hydrogen-bond acceptors (Lipinski definition) is 5. The van der Waals surface area contributed by atoms with Crippen LogP contribution in [0.3, 0.4) is 0 Å². The molecular weight excluding hydrogens is 208 g/mol. The third-order valence-corrected chi connectivity index (χ3v) is 2.33. The lowest BCUT2D eigenvalue weighted by Crippen LogP contribution is -2.03. The maximum Gasteiger partial charge on any atom is 0.186 e. The summed E-state index contributed by atoms with van der Waals surface area (Å²) in [5.41, 5.74) is 1.45. The maximum absolute atomic E-state index is 8.64. The Bertz CT molecular complexity index is 408. The fourth-order valence-corrected chi connectivity index (χ4v) is 1.57. The Morgan fingerprint density at radius 1 is 1.44 bits per heavy atom. The summed E-state index contributed by atoms with van der Waals surface area (Å²) in [5.74, 6) is 0.706. The fourth-order valence-electron chi connectivity index (χ4n) is 1.57. The second kappa shape index (κ2) is 4.84. The highest BCUT2D eigenvalue weighted by Gasteiger charge is 2.22. The van der Waals surface area contributed by atoms with Crippen molar-refractivity contribution in [2.45, 2.75) is 6.29 Å². The normalized spacial score (nSPS) is 15.8. The molecule has 0 spiro atoms. The highest BCUT2D eigenvalue weighted by atomic mass is 16.7. The Hall–Kier alpha value is -1.77. The highest BCUT2D eigenvalue weighted by Crippen LogP contribution is 2.32. The third kappa shape index (κ3) is 2.08. The summed E-state index contributed by atoms with van der Waals surface area (Å²) in [6, 6.07) is 5.34. The molecule has 0 atom stereocenters. The number of benzene rings is 1. The van der Waals surface area contributed by atoms with Gasteiger partial charge >= 0.3 is 0 Å². The second-order valence-electron chi connectivity index (χ2n) is 3.26. The van der Waals surface area contributed by atoms with E-state index in [2.05, 4.69) is 5.32 Å². The van der Waals surface area contributed by atoms with Crippen molar-refractivity contribution in [1.82, 2.24) is 0 Å². The van der Waals surface area contributed by atoms with Gasteiger partial charge in [0.2, 0.25) is 0 Å². The average molecular weight is 220 g/mol. The zero-order chi connectivity index (χ0) is 11.4. The molecule has 0 aliphatic carbocycles. The smallest absolute Gasteiger partial charge is 0.186 e. The molecule has 5 nitrogen and oxygen atoms in total. The Morgan fingerprint density at radius 2 is 2.19 bits per heavy atom. The Labute approximate surface area is 93.5 Å². The quantitative estimate of drug-likeness (QED) is 0.619. The van der Waals surface area contributed by atoms with Crippen LogP contribution in [-0.4, -0.2) is 20.3 Å². The molecule has 0 aromatic heterocycles. The summed E-state index contributed by atoms with van der Waals surface area (Å²) in [7, 11) is 1.59. The van der Waals surface area contributed by atoms with E-state index in [1.165, 1.54) is 0 Å². The van der Waals surface area contributed by atoms with Gasteiger partial charge in [-0.05, 0) is 18.2 Å². The zero-order valence-electron chi connectivity index (χ0n) is 8.90. The van der Waals surface area contributed by atoms with Crippen LogP contribution in [0.2, 0.25) is 0 Å². The SMILES string of the molecule is COc1ccc(NC#N)c(C2OCCO2)c1. The van der Waals surface area contributed by atoms with Crippen molar-refractivity contribution in [2.24, 2.45) is 0 Å². The van der Waals surface area contributed by atoms with E-state index in [-0.39, 0.29) is 0 Å². The van der Waals surface area contributed by atoms with Crippen molar-refractivity contribution >= 4 is 5.69 Å². The first-order chi connectivity index (χ1) is 7.85. The van der Waals surface area contributed by atoms with Crippen molar-refractivity contribution < 1.29 is 14.2 Å². The summed E-state index contributed by atoms with van der Waals surface area (Å²) >= 11 is 0. The van der Waals surface area contributed by atoms with E-state index in [0.717, 1.165) is 5.56 Å². The maximum atomic E-state index is 8.64. The molecule has 1 N–H and O–H groups in total. The first-order valence-electron chi connectivity index (χ1n) is 4.91. The topological polar surface area (TPSA) is 63.5 Å². The number of methoxy groups -OCH3 is 1. The van der Waals surface area contributed by atoms with Crippen LogP contribution in [0.1, 0.15) is 11.9 Å². The zero-order valence-corrected chi connectivity index (χ0v) is 8.90. The summed E-state index contributed by atoms with van der Waals surface area (Å²) in [6.45, 7) is 1.13. The molecule has 2 rings (SSSR count). The van der Waals surface area contributed by atoms with Gasteiger partial charge < -0.3 is 14.2 Å². The Morgan fingerprint density at radius 3 is 2.81 bits per heavy atom. The van der Waals surface area contributed by atoms with Crippen molar-refractivity contribution in [3.63, 3.8) is 0 Å². The van der Waals surface area contributed by atoms with Gasteiger partial charge in [0.05, 0.1) is 26.0 Å². The number of nitriles is 1. The van der Waals surface area contributed by atoms with Crippen molar-refractivity contribution in [2.75, 3.05) is 25.6 Å². The number of hydrogen-bond donors (Lipinski definition) is 1. The van der Waals surface area contributed by atoms with Gasteiger partial charge in [-0.25, -0.2) is 0 Å². The number of anilines is 1. The van der Waals surface area contributed by atoms with E-state index in [9.17, 15) is 0 Å². The number of rotatable bonds is 3. The summed E-state index contributed by atoms with van der Waals surface area (Å²) in [4.78, 5) is 0. The van der Waals surface area contributed by atoms with Crippen molar-refractivity contribution in [3.05, 3.63) is 23.8 Å². The molecule has 1 aromatic rings. The van der Waals surface area contributed by atoms with Crippen LogP contribution in [0, 0.1) is 11.5 Å². The van der Waals surface area contributed by atoms with Crippen molar-refractivity contribution in [3.8, 4) is 11.9 Å². The van der Waals surface area contributed by atoms with Crippen LogP contribution in [0.15, 0.2) is 18.2 Å². The number of ether oxygens (including phenoxy) is 3. The van der Waals surface area contributed by atoms with Gasteiger partial charge in [0.15, 0.2) is 12.5 Å². The number of nitrogens with one attached hydrogen (secondary N) is 1. The molecule has 0 unspecified atom stereocenters. The molecule has 0 amide bonds. The first-order valence-corrected chi connectivity index (χ1v) is 4.91. The molecule has 0 bridgehead atoms. The molecule has 1 aliphatic rings. The first kappa shape index (κ1) is 10.7. The summed E-state index contributed by atoms with van der Waals surface area (Å²) in [5, 5.41) is 11.2. The van der Waals surface area contributed by atoms with Crippen LogP contribution in [-0.2, 0) is 9.47 Å². The van der Waals surface area contributed by atoms with Gasteiger partial charge in [-0.1, -0.05) is 0 Å². The minimum Gasteiger partial charge on any atom is -0.497 e. The largest absolute Gasteiger partial charge is 0.497 e. The predicted octanol–water partition coefficient (Wildman–Crippen LogP) is 1.63. The predicted molar refractivity (Wildman–Crippen MR) is 56.9 cm³/mol. The third-order valence-electron chi connectivity index (χ3n) is 2.33. The van der Waals surface area contributed by atoms with Gasteiger partial charge in [-0.3, -0.25) is 5.32 Å². The highest BCUT2D eigenvalue weighted by molar-refractivity contribution is 5.57. The van der Waals surface area contributed by atoms with Crippen LogP contribution in [0.5, 0.6) is 5.75 Å². The van der Waals surface area contributed by atoms with Crippen LogP contribution in [0.25, 0.3) is 0 Å². The summed E-state index contributed by atoms with van der Waals surface area (Å²) < 4.78 is 15.9. The van der Waals surface area contributed by atoms with Gasteiger partial charge in [-0.15, -0.1) is 0 Å². The van der Waals surface area contributed by atoms with Crippen LogP contribution < -0.4 is 10.1 Å². The molecule has 1 aliphatic heterocycles. The average Bonchev–Trinajstić information content (AvgIpc) is 2.83. The Balaban J connectivity index is 2.33. The molecule has 1 fully saturated rings. The molecule has 5 heteroatoms. The van der Waals surface area contributed by atoms with Gasteiger partial charge in [0.1, 0.15) is 5.75 Å². The monoisotopic (exact) mass is 220 g/mol. The molecule has 16 heavy (non-hydrogen) atoms. The van der Waals surface area contributed by atoms with E-state index < -0.39 is 6.29 Å². The van der Waals surface area contributed by atoms with Gasteiger partial charge in [0, 0.05) is 5.56 Å². The molecule has 0 radical (unpaired) electrons. The molecule has 1 aromatic carbocycles. The Kier molecular flexibility index (Phi) is 3.25. The lowest BCUT2D eigenvalue weighted by Gasteiger charge is -2.14. The summed E-state index contributed by atoms with van der Waals surface area (Å²) in [6.07, 6.45) is 1.46. The molecule has 84 valence electrons. The van der Waals surface area contributed by atoms with Crippen LogP contribution >= 0.6 is 0 Å². The van der Waals surface area contributed by atoms with E-state index in [1.54, 1.807) is 25.3 Å². The van der Waals surface area contributed by atoms with Gasteiger partial charge in [-0.2, -0.15) is 5.26 Å². The molecule has 1 saturated heterocycles. The van der Waals surface area contributed by atoms with Crippen molar-refractivity contribution in [1.29, 1.82) is 5.26 Å². The molecule has 1 heterocycles.